The van der Waals surface area contributed by atoms with Gasteiger partial charge in [-0.1, -0.05) is 12.1 Å². The second-order valence-corrected chi connectivity index (χ2v) is 8.12. The zero-order chi connectivity index (χ0) is 17.4. The number of hydrogen-bond acceptors (Lipinski definition) is 3. The third-order valence-corrected chi connectivity index (χ3v) is 6.11. The highest BCUT2D eigenvalue weighted by atomic mass is 15.2. The fourth-order valence-corrected chi connectivity index (χ4v) is 4.48. The minimum Gasteiger partial charge on any atom is -0.357 e. The van der Waals surface area contributed by atoms with Crippen molar-refractivity contribution in [2.24, 2.45) is 0 Å². The quantitative estimate of drug-likeness (QED) is 0.898. The number of aromatic nitrogens is 1. The summed E-state index contributed by atoms with van der Waals surface area (Å²) in [6.07, 6.45) is 2.31. The molecule has 1 unspecified atom stereocenters. The van der Waals surface area contributed by atoms with Gasteiger partial charge >= 0.3 is 0 Å². The summed E-state index contributed by atoms with van der Waals surface area (Å²) in [6.45, 7) is 13.8. The van der Waals surface area contributed by atoms with Crippen molar-refractivity contribution < 1.29 is 0 Å². The van der Waals surface area contributed by atoms with Gasteiger partial charge in [0.2, 0.25) is 0 Å². The number of nitrogens with one attached hydrogen (secondary N) is 2. The van der Waals surface area contributed by atoms with Gasteiger partial charge in [-0.2, -0.15) is 0 Å². The van der Waals surface area contributed by atoms with Crippen LogP contribution in [0.3, 0.4) is 0 Å². The summed E-state index contributed by atoms with van der Waals surface area (Å²) in [5.41, 5.74) is 5.77. The van der Waals surface area contributed by atoms with Crippen LogP contribution < -0.4 is 5.32 Å². The molecule has 1 aromatic heterocycles. The van der Waals surface area contributed by atoms with Crippen molar-refractivity contribution in [1.29, 1.82) is 0 Å². The average Bonchev–Trinajstić information content (AvgIpc) is 2.99. The summed E-state index contributed by atoms with van der Waals surface area (Å²) in [5, 5.41) is 4.89. The van der Waals surface area contributed by atoms with Crippen LogP contribution in [-0.4, -0.2) is 59.6 Å². The molecular formula is C21H32N4. The monoisotopic (exact) mass is 340 g/mol. The first-order valence-electron chi connectivity index (χ1n) is 9.93. The van der Waals surface area contributed by atoms with E-state index >= 15 is 0 Å². The summed E-state index contributed by atoms with van der Waals surface area (Å²) < 4.78 is 0. The number of aromatic amines is 1. The summed E-state index contributed by atoms with van der Waals surface area (Å²) in [4.78, 5) is 8.90. The van der Waals surface area contributed by atoms with E-state index in [0.717, 1.165) is 26.1 Å². The standard InChI is InChI=1S/C21H32N4/c1-15(2)25-9-6-19-18-5-4-17(13-20(18)23-21(19)14-25)12-16(3)24-10-7-22-8-11-24/h4-5,13,15-16,22-23H,6-12,14H2,1-3H3. The molecular weight excluding hydrogens is 308 g/mol. The van der Waals surface area contributed by atoms with Gasteiger partial charge in [-0.15, -0.1) is 0 Å². The van der Waals surface area contributed by atoms with Crippen LogP contribution in [0.1, 0.15) is 37.6 Å². The third-order valence-electron chi connectivity index (χ3n) is 6.11. The maximum absolute atomic E-state index is 3.73. The average molecular weight is 341 g/mol. The molecule has 2 aliphatic rings. The van der Waals surface area contributed by atoms with Crippen LogP contribution in [0.5, 0.6) is 0 Å². The Morgan fingerprint density at radius 1 is 1.04 bits per heavy atom. The van der Waals surface area contributed by atoms with Crippen LogP contribution in [0, 0.1) is 0 Å². The fourth-order valence-electron chi connectivity index (χ4n) is 4.48. The van der Waals surface area contributed by atoms with E-state index in [9.17, 15) is 0 Å². The normalized spacial score (nSPS) is 21.0. The van der Waals surface area contributed by atoms with Crippen LogP contribution in [0.2, 0.25) is 0 Å². The summed E-state index contributed by atoms with van der Waals surface area (Å²) in [5.74, 6) is 0. The number of H-pyrrole nitrogens is 1. The molecule has 0 spiro atoms. The van der Waals surface area contributed by atoms with E-state index < -0.39 is 0 Å². The topological polar surface area (TPSA) is 34.3 Å². The first kappa shape index (κ1) is 17.1. The molecule has 1 saturated heterocycles. The summed E-state index contributed by atoms with van der Waals surface area (Å²) in [6, 6.07) is 8.33. The van der Waals surface area contributed by atoms with Gasteiger partial charge in [-0.3, -0.25) is 9.80 Å². The lowest BCUT2D eigenvalue weighted by Crippen LogP contribution is -2.48. The lowest BCUT2D eigenvalue weighted by atomic mass is 9.99. The molecule has 4 nitrogen and oxygen atoms in total. The van der Waals surface area contributed by atoms with Gasteiger partial charge in [0, 0.05) is 67.9 Å². The molecule has 0 aliphatic carbocycles. The largest absolute Gasteiger partial charge is 0.357 e. The van der Waals surface area contributed by atoms with Crippen LogP contribution in [0.15, 0.2) is 18.2 Å². The molecule has 0 amide bonds. The van der Waals surface area contributed by atoms with Crippen molar-refractivity contribution in [3.8, 4) is 0 Å². The van der Waals surface area contributed by atoms with E-state index in [1.807, 2.05) is 0 Å². The number of piperazine rings is 1. The predicted octanol–water partition coefficient (Wildman–Crippen LogP) is 2.77. The van der Waals surface area contributed by atoms with Crippen molar-refractivity contribution in [1.82, 2.24) is 20.1 Å². The lowest BCUT2D eigenvalue weighted by molar-refractivity contribution is 0.183. The molecule has 4 heteroatoms. The molecule has 25 heavy (non-hydrogen) atoms. The van der Waals surface area contributed by atoms with Gasteiger partial charge in [0.15, 0.2) is 0 Å². The van der Waals surface area contributed by atoms with Crippen molar-refractivity contribution in [2.75, 3.05) is 32.7 Å². The smallest absolute Gasteiger partial charge is 0.0462 e. The van der Waals surface area contributed by atoms with Gasteiger partial charge in [0.1, 0.15) is 0 Å². The summed E-state index contributed by atoms with van der Waals surface area (Å²) in [7, 11) is 0. The Kier molecular flexibility index (Phi) is 4.85. The van der Waals surface area contributed by atoms with Crippen molar-refractivity contribution in [3.05, 3.63) is 35.0 Å². The van der Waals surface area contributed by atoms with Crippen molar-refractivity contribution in [3.63, 3.8) is 0 Å². The Labute approximate surface area is 151 Å². The third kappa shape index (κ3) is 3.48. The van der Waals surface area contributed by atoms with Crippen LogP contribution in [0.25, 0.3) is 10.9 Å². The Balaban J connectivity index is 1.53. The molecule has 1 atom stereocenters. The second-order valence-electron chi connectivity index (χ2n) is 8.12. The molecule has 2 N–H and O–H groups in total. The van der Waals surface area contributed by atoms with Gasteiger partial charge in [-0.05, 0) is 50.8 Å². The number of fused-ring (bicyclic) bond motifs is 3. The van der Waals surface area contributed by atoms with E-state index in [1.54, 1.807) is 5.56 Å². The number of nitrogens with zero attached hydrogens (tertiary/aromatic N) is 2. The van der Waals surface area contributed by atoms with Gasteiger partial charge < -0.3 is 10.3 Å². The predicted molar refractivity (Wildman–Crippen MR) is 105 cm³/mol. The molecule has 2 aliphatic heterocycles. The molecule has 3 heterocycles. The van der Waals surface area contributed by atoms with E-state index in [-0.39, 0.29) is 0 Å². The zero-order valence-electron chi connectivity index (χ0n) is 15.9. The Morgan fingerprint density at radius 2 is 1.84 bits per heavy atom. The molecule has 136 valence electrons. The Hall–Kier alpha value is -1.36. The number of hydrogen-bond donors (Lipinski definition) is 2. The highest BCUT2D eigenvalue weighted by Gasteiger charge is 2.22. The zero-order valence-corrected chi connectivity index (χ0v) is 15.9. The molecule has 0 radical (unpaired) electrons. The lowest BCUT2D eigenvalue weighted by Gasteiger charge is -2.32. The van der Waals surface area contributed by atoms with Gasteiger partial charge in [0.05, 0.1) is 0 Å². The van der Waals surface area contributed by atoms with Gasteiger partial charge in [-0.25, -0.2) is 0 Å². The Bertz CT molecular complexity index is 727. The van der Waals surface area contributed by atoms with Crippen molar-refractivity contribution in [2.45, 2.75) is 52.2 Å². The minimum absolute atomic E-state index is 0.612. The van der Waals surface area contributed by atoms with E-state index in [1.165, 1.54) is 48.2 Å². The fraction of sp³-hybridized carbons (Fsp3) is 0.619. The highest BCUT2D eigenvalue weighted by molar-refractivity contribution is 5.85. The number of rotatable bonds is 4. The van der Waals surface area contributed by atoms with Crippen LogP contribution >= 0.6 is 0 Å². The van der Waals surface area contributed by atoms with Crippen molar-refractivity contribution >= 4 is 10.9 Å². The van der Waals surface area contributed by atoms with E-state index in [0.29, 0.717) is 12.1 Å². The molecule has 0 bridgehead atoms. The molecule has 4 rings (SSSR count). The molecule has 1 aromatic carbocycles. The van der Waals surface area contributed by atoms with Crippen LogP contribution in [-0.2, 0) is 19.4 Å². The Morgan fingerprint density at radius 3 is 2.60 bits per heavy atom. The maximum Gasteiger partial charge on any atom is 0.0462 e. The highest BCUT2D eigenvalue weighted by Crippen LogP contribution is 2.29. The first-order chi connectivity index (χ1) is 12.1. The number of benzene rings is 1. The van der Waals surface area contributed by atoms with E-state index in [2.05, 4.69) is 59.1 Å². The first-order valence-corrected chi connectivity index (χ1v) is 9.93. The minimum atomic E-state index is 0.612. The molecule has 1 fully saturated rings. The summed E-state index contributed by atoms with van der Waals surface area (Å²) >= 11 is 0. The molecule has 0 saturated carbocycles. The van der Waals surface area contributed by atoms with E-state index in [4.69, 9.17) is 0 Å². The van der Waals surface area contributed by atoms with Crippen LogP contribution in [0.4, 0.5) is 0 Å². The van der Waals surface area contributed by atoms with Gasteiger partial charge in [0.25, 0.3) is 0 Å². The molecule has 2 aromatic rings. The SMILES string of the molecule is CC(C)N1CCc2c([nH]c3cc(CC(C)N4CCNCC4)ccc23)C1. The maximum atomic E-state index is 3.73. The second kappa shape index (κ2) is 7.10.